The second-order valence-corrected chi connectivity index (χ2v) is 12.0. The third-order valence-corrected chi connectivity index (χ3v) is 10.5. The lowest BCUT2D eigenvalue weighted by atomic mass is 9.38. The number of ether oxygens (including phenoxy) is 2. The summed E-state index contributed by atoms with van der Waals surface area (Å²) in [6, 6.07) is 2.07. The van der Waals surface area contributed by atoms with Gasteiger partial charge in [-0.1, -0.05) is 45.4 Å². The van der Waals surface area contributed by atoms with E-state index in [1.807, 2.05) is 12.3 Å². The molecule has 0 spiro atoms. The minimum absolute atomic E-state index is 0.000884. The predicted molar refractivity (Wildman–Crippen MR) is 122 cm³/mol. The van der Waals surface area contributed by atoms with E-state index in [1.54, 1.807) is 12.3 Å². The van der Waals surface area contributed by atoms with Crippen LogP contribution in [0.25, 0.3) is 0 Å². The van der Waals surface area contributed by atoms with Crippen LogP contribution in [0.3, 0.4) is 0 Å². The summed E-state index contributed by atoms with van der Waals surface area (Å²) in [4.78, 5) is 26.1. The zero-order valence-electron chi connectivity index (χ0n) is 20.2. The first-order chi connectivity index (χ1) is 15.6. The smallest absolute Gasteiger partial charge is 0.303 e. The Hall–Kier alpha value is -2.14. The van der Waals surface area contributed by atoms with E-state index in [9.17, 15) is 9.59 Å². The van der Waals surface area contributed by atoms with Crippen molar-refractivity contribution < 1.29 is 23.5 Å². The average molecular weight is 451 g/mol. The van der Waals surface area contributed by atoms with Crippen LogP contribution in [0.2, 0.25) is 0 Å². The minimum atomic E-state index is -0.550. The molecule has 0 bridgehead atoms. The van der Waals surface area contributed by atoms with Gasteiger partial charge in [0, 0.05) is 29.1 Å². The van der Waals surface area contributed by atoms with Crippen LogP contribution in [-0.4, -0.2) is 30.6 Å². The fraction of sp³-hybridized carbons (Fsp3) is 0.643. The van der Waals surface area contributed by atoms with Gasteiger partial charge >= 0.3 is 5.97 Å². The van der Waals surface area contributed by atoms with Crippen molar-refractivity contribution in [2.75, 3.05) is 6.61 Å². The van der Waals surface area contributed by atoms with Crippen LogP contribution in [-0.2, 0) is 19.1 Å². The predicted octanol–water partition coefficient (Wildman–Crippen LogP) is 5.23. The van der Waals surface area contributed by atoms with Gasteiger partial charge in [0.1, 0.15) is 12.2 Å². The molecule has 0 N–H and O–H groups in total. The zero-order valence-corrected chi connectivity index (χ0v) is 20.2. The molecule has 5 aliphatic rings. The minimum Gasteiger partial charge on any atom is -0.472 e. The Kier molecular flexibility index (Phi) is 4.21. The molecule has 0 amide bonds. The van der Waals surface area contributed by atoms with Gasteiger partial charge in [-0.2, -0.15) is 0 Å². The molecule has 3 fully saturated rings. The molecule has 2 saturated carbocycles. The SMILES string of the molecule is CC(=O)O[C@@H]1[C@@H]2OC[C@]3(C)C=CC(=O)[C@](C)([C@H]4CC[C@]5(C)C(=CC[C@H]5c5ccoc5)[C@@]41C)[C@@H]23. The van der Waals surface area contributed by atoms with Gasteiger partial charge in [-0.15, -0.1) is 0 Å². The van der Waals surface area contributed by atoms with E-state index in [2.05, 4.69) is 39.8 Å². The van der Waals surface area contributed by atoms with E-state index in [-0.39, 0.29) is 40.5 Å². The Labute approximate surface area is 195 Å². The first kappa shape index (κ1) is 21.4. The van der Waals surface area contributed by atoms with Gasteiger partial charge < -0.3 is 13.9 Å². The van der Waals surface area contributed by atoms with Crippen molar-refractivity contribution in [3.63, 3.8) is 0 Å². The molecule has 33 heavy (non-hydrogen) atoms. The molecule has 1 aliphatic heterocycles. The van der Waals surface area contributed by atoms with Gasteiger partial charge in [-0.05, 0) is 54.2 Å². The Morgan fingerprint density at radius 1 is 1.18 bits per heavy atom. The normalized spacial score (nSPS) is 49.8. The lowest BCUT2D eigenvalue weighted by Gasteiger charge is -2.66. The highest BCUT2D eigenvalue weighted by molar-refractivity contribution is 5.97. The Morgan fingerprint density at radius 3 is 2.67 bits per heavy atom. The quantitative estimate of drug-likeness (QED) is 0.456. The maximum Gasteiger partial charge on any atom is 0.303 e. The molecule has 5 nitrogen and oxygen atoms in total. The summed E-state index contributed by atoms with van der Waals surface area (Å²) in [5.74, 6) is 0.323. The summed E-state index contributed by atoms with van der Waals surface area (Å²) >= 11 is 0. The number of allylic oxidation sites excluding steroid dienone is 2. The number of furan rings is 1. The number of ketones is 1. The largest absolute Gasteiger partial charge is 0.472 e. The second-order valence-electron chi connectivity index (χ2n) is 12.0. The first-order valence-electron chi connectivity index (χ1n) is 12.3. The monoisotopic (exact) mass is 450 g/mol. The van der Waals surface area contributed by atoms with E-state index in [4.69, 9.17) is 13.9 Å². The molecular formula is C28H34O5. The molecule has 2 heterocycles. The summed E-state index contributed by atoms with van der Waals surface area (Å²) in [5.41, 5.74) is 1.23. The van der Waals surface area contributed by atoms with Gasteiger partial charge in [-0.25, -0.2) is 0 Å². The second kappa shape index (κ2) is 6.50. The highest BCUT2D eigenvalue weighted by Gasteiger charge is 2.75. The molecule has 5 heteroatoms. The zero-order chi connectivity index (χ0) is 23.4. The van der Waals surface area contributed by atoms with Gasteiger partial charge in [0.15, 0.2) is 5.78 Å². The van der Waals surface area contributed by atoms with E-state index in [1.165, 1.54) is 18.1 Å². The number of rotatable bonds is 2. The number of fused-ring (bicyclic) bond motifs is 4. The van der Waals surface area contributed by atoms with E-state index >= 15 is 0 Å². The standard InChI is InChI=1S/C28H34O5/c1-16(29)33-24-22-23-25(2,15-32-22)11-9-21(30)28(23,5)20-8-12-26(3)18(17-10-13-31-14-17)6-7-19(26)27(20,24)4/h7,9-11,13-14,18,20,22-24H,6,8,12,15H2,1-5H3/t18-,20-,22+,23-,24+,25-,26-,27-,28-/m0/s1. The Bertz CT molecular complexity index is 1080. The highest BCUT2D eigenvalue weighted by Crippen LogP contribution is 2.74. The van der Waals surface area contributed by atoms with Gasteiger partial charge in [0.25, 0.3) is 0 Å². The lowest BCUT2D eigenvalue weighted by Crippen LogP contribution is -2.69. The van der Waals surface area contributed by atoms with Crippen molar-refractivity contribution in [2.45, 2.75) is 72.0 Å². The van der Waals surface area contributed by atoms with Crippen molar-refractivity contribution in [2.24, 2.45) is 33.5 Å². The van der Waals surface area contributed by atoms with E-state index in [0.29, 0.717) is 12.5 Å². The Balaban J connectivity index is 1.54. The van der Waals surface area contributed by atoms with E-state index < -0.39 is 16.9 Å². The average Bonchev–Trinajstić information content (AvgIpc) is 3.46. The van der Waals surface area contributed by atoms with Crippen molar-refractivity contribution in [1.29, 1.82) is 0 Å². The summed E-state index contributed by atoms with van der Waals surface area (Å²) in [5, 5.41) is 0. The summed E-state index contributed by atoms with van der Waals surface area (Å²) < 4.78 is 18.1. The van der Waals surface area contributed by atoms with Crippen LogP contribution in [0.5, 0.6) is 0 Å². The highest BCUT2D eigenvalue weighted by atomic mass is 16.6. The van der Waals surface area contributed by atoms with Crippen molar-refractivity contribution in [3.05, 3.63) is 48.0 Å². The molecule has 9 atom stereocenters. The van der Waals surface area contributed by atoms with Crippen molar-refractivity contribution >= 4 is 11.8 Å². The number of hydrogen-bond acceptors (Lipinski definition) is 5. The molecule has 0 radical (unpaired) electrons. The van der Waals surface area contributed by atoms with Crippen LogP contribution in [0.4, 0.5) is 0 Å². The van der Waals surface area contributed by atoms with Gasteiger partial charge in [-0.3, -0.25) is 9.59 Å². The maximum absolute atomic E-state index is 13.7. The van der Waals surface area contributed by atoms with Crippen molar-refractivity contribution in [3.8, 4) is 0 Å². The molecule has 0 unspecified atom stereocenters. The van der Waals surface area contributed by atoms with Gasteiger partial charge in [0.2, 0.25) is 0 Å². The third-order valence-electron chi connectivity index (χ3n) is 10.5. The van der Waals surface area contributed by atoms with Crippen molar-refractivity contribution in [1.82, 2.24) is 0 Å². The molecule has 1 aromatic heterocycles. The van der Waals surface area contributed by atoms with Crippen LogP contribution in [0.15, 0.2) is 46.8 Å². The molecule has 1 aromatic rings. The number of carbonyl (C=O) groups is 2. The topological polar surface area (TPSA) is 65.7 Å². The molecule has 0 aromatic carbocycles. The Morgan fingerprint density at radius 2 is 1.97 bits per heavy atom. The number of hydrogen-bond donors (Lipinski definition) is 0. The van der Waals surface area contributed by atoms with E-state index in [0.717, 1.165) is 19.3 Å². The van der Waals surface area contributed by atoms with Crippen LogP contribution in [0, 0.1) is 33.5 Å². The summed E-state index contributed by atoms with van der Waals surface area (Å²) in [7, 11) is 0. The molecule has 6 rings (SSSR count). The molecule has 176 valence electrons. The molecule has 1 saturated heterocycles. The number of esters is 1. The van der Waals surface area contributed by atoms with Gasteiger partial charge in [0.05, 0.1) is 19.1 Å². The first-order valence-corrected chi connectivity index (χ1v) is 12.3. The summed E-state index contributed by atoms with van der Waals surface area (Å²) in [6.07, 6.45) is 12.0. The third kappa shape index (κ3) is 2.42. The maximum atomic E-state index is 13.7. The number of carbonyl (C=O) groups excluding carboxylic acids is 2. The molecule has 4 aliphatic carbocycles. The fourth-order valence-electron chi connectivity index (χ4n) is 9.22. The lowest BCUT2D eigenvalue weighted by molar-refractivity contribution is -0.214. The van der Waals surface area contributed by atoms with Crippen LogP contribution < -0.4 is 0 Å². The molecular weight excluding hydrogens is 416 g/mol. The summed E-state index contributed by atoms with van der Waals surface area (Å²) in [6.45, 7) is 11.0. The van der Waals surface area contributed by atoms with Crippen LogP contribution in [0.1, 0.15) is 65.4 Å². The van der Waals surface area contributed by atoms with Crippen LogP contribution >= 0.6 is 0 Å². The fourth-order valence-corrected chi connectivity index (χ4v) is 9.22.